The molecule has 2 aliphatic rings. The van der Waals surface area contributed by atoms with Gasteiger partial charge in [-0.3, -0.25) is 0 Å². The number of fused-ring (bicyclic) bond motifs is 1. The van der Waals surface area contributed by atoms with Gasteiger partial charge in [0.05, 0.1) is 11.7 Å². The van der Waals surface area contributed by atoms with Crippen molar-refractivity contribution < 1.29 is 14.0 Å². The lowest BCUT2D eigenvalue weighted by Gasteiger charge is -2.39. The van der Waals surface area contributed by atoms with Crippen molar-refractivity contribution >= 4 is 17.4 Å². The Labute approximate surface area is 214 Å². The fourth-order valence-electron chi connectivity index (χ4n) is 6.00. The second-order valence-electron chi connectivity index (χ2n) is 13.0. The molecule has 0 radical (unpaired) electrons. The van der Waals surface area contributed by atoms with E-state index in [0.717, 1.165) is 24.8 Å². The number of hydrogen-bond donors (Lipinski definition) is 1. The normalized spacial score (nSPS) is 31.1. The summed E-state index contributed by atoms with van der Waals surface area (Å²) in [5.74, 6) is 1.35. The van der Waals surface area contributed by atoms with Gasteiger partial charge in [-0.15, -0.1) is 0 Å². The zero-order valence-electron chi connectivity index (χ0n) is 24.0. The van der Waals surface area contributed by atoms with E-state index >= 15 is 0 Å². The summed E-state index contributed by atoms with van der Waals surface area (Å²) in [6.45, 7) is 25.0. The van der Waals surface area contributed by atoms with E-state index in [2.05, 4.69) is 79.5 Å². The fraction of sp³-hybridized carbons (Fsp3) is 0.862. The molecule has 34 heavy (non-hydrogen) atoms. The SMILES string of the molecule is C=C1C[C@H]2[C@H](/C=C/[C@H](CCCCC)O[Si](C)(C)C(C)(C)C)[C@H](CCCC)C[C@@]2(O[SiH](C)C)C1O. The Balaban J connectivity index is 2.34. The highest BCUT2D eigenvalue weighted by atomic mass is 28.4. The molecule has 6 atom stereocenters. The van der Waals surface area contributed by atoms with E-state index in [1.807, 2.05) is 0 Å². The fourth-order valence-corrected chi connectivity index (χ4v) is 8.59. The van der Waals surface area contributed by atoms with Gasteiger partial charge >= 0.3 is 0 Å². The topological polar surface area (TPSA) is 38.7 Å². The second kappa shape index (κ2) is 12.4. The standard InChI is InChI=1S/C29H56O3Si2/c1-11-13-15-17-24(31-34(9,10)28(4,5)6)18-19-25-23(16-14-12-2)21-29(32-33(7)8)26(25)20-22(3)27(29)30/h18-19,23-27,30,33H,3,11-17,20-21H2,1-2,4-10H3/b19-18+/t23-,24+,25-,26+,27?,29+/m1/s1. The molecule has 0 saturated heterocycles. The summed E-state index contributed by atoms with van der Waals surface area (Å²) in [5.41, 5.74) is 0.562. The van der Waals surface area contributed by atoms with Crippen LogP contribution < -0.4 is 0 Å². The number of aliphatic hydroxyl groups excluding tert-OH is 1. The molecule has 1 N–H and O–H groups in total. The number of unbranched alkanes of at least 4 members (excludes halogenated alkanes) is 3. The van der Waals surface area contributed by atoms with E-state index < -0.39 is 29.1 Å². The molecule has 3 nitrogen and oxygen atoms in total. The number of rotatable bonds is 13. The maximum absolute atomic E-state index is 11.2. The lowest BCUT2D eigenvalue weighted by molar-refractivity contribution is -0.0429. The first kappa shape index (κ1) is 30.0. The second-order valence-corrected chi connectivity index (χ2v) is 20.1. The van der Waals surface area contributed by atoms with E-state index in [-0.39, 0.29) is 11.1 Å². The monoisotopic (exact) mass is 508 g/mol. The lowest BCUT2D eigenvalue weighted by atomic mass is 9.84. The highest BCUT2D eigenvalue weighted by Crippen LogP contribution is 2.58. The van der Waals surface area contributed by atoms with E-state index in [1.165, 1.54) is 38.5 Å². The Kier molecular flexibility index (Phi) is 10.9. The third kappa shape index (κ3) is 6.96. The molecule has 0 amide bonds. The third-order valence-corrected chi connectivity index (χ3v) is 14.2. The summed E-state index contributed by atoms with van der Waals surface area (Å²) >= 11 is 0. The Morgan fingerprint density at radius 1 is 1.18 bits per heavy atom. The first-order valence-corrected chi connectivity index (χ1v) is 19.9. The van der Waals surface area contributed by atoms with E-state index in [4.69, 9.17) is 8.85 Å². The molecule has 2 saturated carbocycles. The van der Waals surface area contributed by atoms with Crippen molar-refractivity contribution in [2.75, 3.05) is 0 Å². The minimum Gasteiger partial charge on any atom is -0.412 e. The van der Waals surface area contributed by atoms with Crippen molar-refractivity contribution in [2.45, 2.75) is 141 Å². The van der Waals surface area contributed by atoms with Gasteiger partial charge in [0.25, 0.3) is 0 Å². The Hall–Kier alpha value is -0.206. The van der Waals surface area contributed by atoms with Gasteiger partial charge in [0, 0.05) is 0 Å². The van der Waals surface area contributed by atoms with Gasteiger partial charge in [-0.05, 0) is 80.2 Å². The molecule has 0 aromatic carbocycles. The van der Waals surface area contributed by atoms with Crippen LogP contribution in [0.3, 0.4) is 0 Å². The molecule has 0 spiro atoms. The van der Waals surface area contributed by atoms with Crippen molar-refractivity contribution in [1.82, 2.24) is 0 Å². The molecule has 1 unspecified atom stereocenters. The van der Waals surface area contributed by atoms with Gasteiger partial charge in [-0.25, -0.2) is 0 Å². The Morgan fingerprint density at radius 2 is 1.82 bits per heavy atom. The first-order valence-electron chi connectivity index (χ1n) is 14.2. The summed E-state index contributed by atoms with van der Waals surface area (Å²) in [4.78, 5) is 0. The van der Waals surface area contributed by atoms with Crippen LogP contribution in [0.1, 0.15) is 92.4 Å². The van der Waals surface area contributed by atoms with Gasteiger partial charge in [0.15, 0.2) is 17.4 Å². The van der Waals surface area contributed by atoms with Crippen LogP contribution in [0.5, 0.6) is 0 Å². The average molecular weight is 509 g/mol. The highest BCUT2D eigenvalue weighted by molar-refractivity contribution is 6.74. The van der Waals surface area contributed by atoms with Crippen LogP contribution in [0.25, 0.3) is 0 Å². The predicted octanol–water partition coefficient (Wildman–Crippen LogP) is 8.02. The molecule has 2 rings (SSSR count). The molecular formula is C29H56O3Si2. The molecular weight excluding hydrogens is 452 g/mol. The van der Waals surface area contributed by atoms with Gasteiger partial charge in [0.1, 0.15) is 6.10 Å². The van der Waals surface area contributed by atoms with Gasteiger partial charge < -0.3 is 14.0 Å². The maximum Gasteiger partial charge on any atom is 0.192 e. The van der Waals surface area contributed by atoms with Gasteiger partial charge in [-0.1, -0.05) is 85.5 Å². The highest BCUT2D eigenvalue weighted by Gasteiger charge is 2.61. The summed E-state index contributed by atoms with van der Waals surface area (Å²) in [5, 5.41) is 11.5. The zero-order valence-corrected chi connectivity index (χ0v) is 26.1. The van der Waals surface area contributed by atoms with Crippen molar-refractivity contribution in [1.29, 1.82) is 0 Å². The maximum atomic E-state index is 11.2. The zero-order chi connectivity index (χ0) is 25.7. The molecule has 0 aromatic rings. The lowest BCUT2D eigenvalue weighted by Crippen LogP contribution is -2.46. The molecule has 0 bridgehead atoms. The molecule has 0 aliphatic heterocycles. The van der Waals surface area contributed by atoms with Crippen molar-refractivity contribution in [3.63, 3.8) is 0 Å². The average Bonchev–Trinajstić information content (AvgIpc) is 3.13. The molecule has 0 aromatic heterocycles. The summed E-state index contributed by atoms with van der Waals surface area (Å²) in [7, 11) is -3.16. The third-order valence-electron chi connectivity index (χ3n) is 8.83. The Morgan fingerprint density at radius 3 is 2.38 bits per heavy atom. The van der Waals surface area contributed by atoms with Crippen LogP contribution in [0.4, 0.5) is 0 Å². The van der Waals surface area contributed by atoms with Crippen LogP contribution in [0.15, 0.2) is 24.3 Å². The Bertz CT molecular complexity index is 681. The quantitative estimate of drug-likeness (QED) is 0.155. The largest absolute Gasteiger partial charge is 0.412 e. The van der Waals surface area contributed by atoms with Crippen LogP contribution in [0.2, 0.25) is 31.2 Å². The predicted molar refractivity (Wildman–Crippen MR) is 152 cm³/mol. The molecule has 2 fully saturated rings. The number of allylic oxidation sites excluding steroid dienone is 1. The van der Waals surface area contributed by atoms with Crippen molar-refractivity contribution in [3.8, 4) is 0 Å². The van der Waals surface area contributed by atoms with Gasteiger partial charge in [-0.2, -0.15) is 0 Å². The van der Waals surface area contributed by atoms with Crippen LogP contribution in [0, 0.1) is 17.8 Å². The van der Waals surface area contributed by atoms with Crippen molar-refractivity contribution in [3.05, 3.63) is 24.3 Å². The number of hydrogen-bond acceptors (Lipinski definition) is 3. The van der Waals surface area contributed by atoms with Crippen LogP contribution >= 0.6 is 0 Å². The minimum atomic E-state index is -1.85. The molecule has 0 heterocycles. The van der Waals surface area contributed by atoms with Crippen LogP contribution in [-0.2, 0) is 8.85 Å². The summed E-state index contributed by atoms with van der Waals surface area (Å²) < 4.78 is 13.7. The minimum absolute atomic E-state index is 0.184. The van der Waals surface area contributed by atoms with E-state index in [9.17, 15) is 5.11 Å². The van der Waals surface area contributed by atoms with Crippen LogP contribution in [-0.4, -0.2) is 40.3 Å². The van der Waals surface area contributed by atoms with Gasteiger partial charge in [0.2, 0.25) is 0 Å². The molecule has 198 valence electrons. The summed E-state index contributed by atoms with van der Waals surface area (Å²) in [6.07, 6.45) is 14.9. The van der Waals surface area contributed by atoms with E-state index in [1.54, 1.807) is 0 Å². The van der Waals surface area contributed by atoms with Crippen molar-refractivity contribution in [2.24, 2.45) is 17.8 Å². The molecule has 5 heteroatoms. The molecule has 2 aliphatic carbocycles. The van der Waals surface area contributed by atoms with E-state index in [0.29, 0.717) is 17.8 Å². The number of aliphatic hydroxyl groups is 1. The summed E-state index contributed by atoms with van der Waals surface area (Å²) in [6, 6.07) is 0. The first-order chi connectivity index (χ1) is 15.8. The smallest absolute Gasteiger partial charge is 0.192 e.